The summed E-state index contributed by atoms with van der Waals surface area (Å²) in [6.45, 7) is 12.2. The molecule has 2 nitrogen and oxygen atoms in total. The molecule has 0 spiro atoms. The summed E-state index contributed by atoms with van der Waals surface area (Å²) >= 11 is 0. The summed E-state index contributed by atoms with van der Waals surface area (Å²) in [6.07, 6.45) is 7.10. The molecule has 1 aliphatic heterocycles. The van der Waals surface area contributed by atoms with Gasteiger partial charge in [-0.25, -0.2) is 0 Å². The van der Waals surface area contributed by atoms with Crippen molar-refractivity contribution in [2.75, 3.05) is 26.2 Å². The molecule has 17 heavy (non-hydrogen) atoms. The molecule has 2 unspecified atom stereocenters. The van der Waals surface area contributed by atoms with Crippen LogP contribution in [0.4, 0.5) is 0 Å². The lowest BCUT2D eigenvalue weighted by Gasteiger charge is -2.33. The third kappa shape index (κ3) is 3.96. The topological polar surface area (TPSA) is 15.3 Å². The van der Waals surface area contributed by atoms with Crippen LogP contribution < -0.4 is 5.32 Å². The maximum atomic E-state index is 3.63. The van der Waals surface area contributed by atoms with E-state index in [1.807, 2.05) is 0 Å². The number of hydrogen-bond acceptors (Lipinski definition) is 2. The van der Waals surface area contributed by atoms with Crippen LogP contribution in [-0.2, 0) is 0 Å². The van der Waals surface area contributed by atoms with Gasteiger partial charge in [-0.2, -0.15) is 0 Å². The smallest absolute Gasteiger partial charge is 0.00510 e. The summed E-state index contributed by atoms with van der Waals surface area (Å²) in [4.78, 5) is 2.75. The fourth-order valence-corrected chi connectivity index (χ4v) is 3.29. The van der Waals surface area contributed by atoms with Crippen LogP contribution >= 0.6 is 0 Å². The highest BCUT2D eigenvalue weighted by Gasteiger charge is 2.42. The molecule has 0 aromatic heterocycles. The fourth-order valence-electron chi connectivity index (χ4n) is 3.29. The zero-order chi connectivity index (χ0) is 12.3. The average Bonchev–Trinajstić information content (AvgIpc) is 3.02. The Morgan fingerprint density at radius 1 is 1.29 bits per heavy atom. The molecule has 100 valence electrons. The quantitative estimate of drug-likeness (QED) is 0.810. The van der Waals surface area contributed by atoms with Gasteiger partial charge in [0.2, 0.25) is 0 Å². The SMILES string of the molecule is CCCC1(CN2CCC(C)NCC(C)C2)CC1. The molecule has 1 N–H and O–H groups in total. The van der Waals surface area contributed by atoms with Crippen LogP contribution in [0.3, 0.4) is 0 Å². The minimum Gasteiger partial charge on any atom is -0.314 e. The summed E-state index contributed by atoms with van der Waals surface area (Å²) in [7, 11) is 0. The standard InChI is InChI=1S/C15H30N2/c1-4-6-15(7-8-15)12-17-9-5-14(3)16-10-13(2)11-17/h13-14,16H,4-12H2,1-3H3. The van der Waals surface area contributed by atoms with E-state index in [4.69, 9.17) is 0 Å². The van der Waals surface area contributed by atoms with Gasteiger partial charge in [0.1, 0.15) is 0 Å². The summed E-state index contributed by atoms with van der Waals surface area (Å²) in [5.41, 5.74) is 0.727. The Morgan fingerprint density at radius 2 is 2.06 bits per heavy atom. The summed E-state index contributed by atoms with van der Waals surface area (Å²) in [5, 5.41) is 3.63. The molecule has 2 atom stereocenters. The van der Waals surface area contributed by atoms with Crippen LogP contribution in [0.15, 0.2) is 0 Å². The van der Waals surface area contributed by atoms with Gasteiger partial charge < -0.3 is 10.2 Å². The predicted octanol–water partition coefficient (Wildman–Crippen LogP) is 2.89. The lowest BCUT2D eigenvalue weighted by Crippen LogP contribution is -2.44. The van der Waals surface area contributed by atoms with Crippen LogP contribution in [0.25, 0.3) is 0 Å². The van der Waals surface area contributed by atoms with Gasteiger partial charge in [-0.3, -0.25) is 0 Å². The number of nitrogens with zero attached hydrogens (tertiary/aromatic N) is 1. The summed E-state index contributed by atoms with van der Waals surface area (Å²) in [6, 6.07) is 0.696. The molecule has 2 heteroatoms. The Morgan fingerprint density at radius 3 is 2.71 bits per heavy atom. The van der Waals surface area contributed by atoms with Crippen molar-refractivity contribution in [3.05, 3.63) is 0 Å². The zero-order valence-electron chi connectivity index (χ0n) is 12.0. The molecular formula is C15H30N2. The van der Waals surface area contributed by atoms with Gasteiger partial charge >= 0.3 is 0 Å². The van der Waals surface area contributed by atoms with Gasteiger partial charge in [0.05, 0.1) is 0 Å². The van der Waals surface area contributed by atoms with E-state index in [1.54, 1.807) is 0 Å². The van der Waals surface area contributed by atoms with Crippen LogP contribution in [0.1, 0.15) is 52.9 Å². The first-order valence-corrected chi connectivity index (χ1v) is 7.59. The summed E-state index contributed by atoms with van der Waals surface area (Å²) in [5.74, 6) is 0.801. The van der Waals surface area contributed by atoms with E-state index in [0.717, 1.165) is 11.3 Å². The third-order valence-electron chi connectivity index (χ3n) is 4.56. The first kappa shape index (κ1) is 13.4. The molecule has 0 bridgehead atoms. The van der Waals surface area contributed by atoms with Crippen LogP contribution in [0.5, 0.6) is 0 Å². The van der Waals surface area contributed by atoms with E-state index in [-0.39, 0.29) is 0 Å². The minimum atomic E-state index is 0.696. The first-order chi connectivity index (χ1) is 8.13. The van der Waals surface area contributed by atoms with Gasteiger partial charge in [0.15, 0.2) is 0 Å². The van der Waals surface area contributed by atoms with Crippen molar-refractivity contribution < 1.29 is 0 Å². The van der Waals surface area contributed by atoms with E-state index in [1.165, 1.54) is 58.3 Å². The minimum absolute atomic E-state index is 0.696. The van der Waals surface area contributed by atoms with E-state index in [0.29, 0.717) is 6.04 Å². The number of hydrogen-bond donors (Lipinski definition) is 1. The van der Waals surface area contributed by atoms with Crippen molar-refractivity contribution in [3.63, 3.8) is 0 Å². The molecule has 2 fully saturated rings. The fraction of sp³-hybridized carbons (Fsp3) is 1.00. The maximum absolute atomic E-state index is 3.63. The molecule has 2 aliphatic rings. The van der Waals surface area contributed by atoms with Gasteiger partial charge in [-0.1, -0.05) is 20.3 Å². The Kier molecular flexibility index (Phi) is 4.48. The van der Waals surface area contributed by atoms with Crippen LogP contribution in [0, 0.1) is 11.3 Å². The van der Waals surface area contributed by atoms with E-state index < -0.39 is 0 Å². The molecule has 2 rings (SSSR count). The van der Waals surface area contributed by atoms with Crippen molar-refractivity contribution in [2.24, 2.45) is 11.3 Å². The van der Waals surface area contributed by atoms with Crippen molar-refractivity contribution in [3.8, 4) is 0 Å². The highest BCUT2D eigenvalue weighted by atomic mass is 15.1. The van der Waals surface area contributed by atoms with Crippen molar-refractivity contribution in [1.82, 2.24) is 10.2 Å². The lowest BCUT2D eigenvalue weighted by molar-refractivity contribution is 0.163. The molecule has 0 aromatic rings. The van der Waals surface area contributed by atoms with Gasteiger partial charge in [0, 0.05) is 19.1 Å². The lowest BCUT2D eigenvalue weighted by atomic mass is 9.98. The molecule has 0 aromatic carbocycles. The second kappa shape index (κ2) is 5.71. The van der Waals surface area contributed by atoms with Gasteiger partial charge in [0.25, 0.3) is 0 Å². The Bertz CT molecular complexity index is 235. The van der Waals surface area contributed by atoms with Crippen LogP contribution in [-0.4, -0.2) is 37.1 Å². The average molecular weight is 238 g/mol. The number of nitrogens with one attached hydrogen (secondary N) is 1. The molecule has 0 amide bonds. The maximum Gasteiger partial charge on any atom is 0.00510 e. The van der Waals surface area contributed by atoms with E-state index in [2.05, 4.69) is 31.0 Å². The molecule has 1 aliphatic carbocycles. The van der Waals surface area contributed by atoms with Gasteiger partial charge in [-0.15, -0.1) is 0 Å². The normalized spacial score (nSPS) is 34.1. The largest absolute Gasteiger partial charge is 0.314 e. The first-order valence-electron chi connectivity index (χ1n) is 7.59. The second-order valence-electron chi connectivity index (χ2n) is 6.69. The zero-order valence-corrected chi connectivity index (χ0v) is 12.0. The Hall–Kier alpha value is -0.0800. The molecule has 0 radical (unpaired) electrons. The highest BCUT2D eigenvalue weighted by Crippen LogP contribution is 2.50. The molecule has 1 saturated heterocycles. The Balaban J connectivity index is 1.85. The third-order valence-corrected chi connectivity index (χ3v) is 4.56. The Labute approximate surface area is 107 Å². The van der Waals surface area contributed by atoms with Crippen molar-refractivity contribution in [1.29, 1.82) is 0 Å². The monoisotopic (exact) mass is 238 g/mol. The van der Waals surface area contributed by atoms with Gasteiger partial charge in [-0.05, 0) is 57.0 Å². The summed E-state index contributed by atoms with van der Waals surface area (Å²) < 4.78 is 0. The molecule has 1 saturated carbocycles. The molecule has 1 heterocycles. The van der Waals surface area contributed by atoms with E-state index in [9.17, 15) is 0 Å². The van der Waals surface area contributed by atoms with Crippen LogP contribution in [0.2, 0.25) is 0 Å². The predicted molar refractivity (Wildman–Crippen MR) is 74.3 cm³/mol. The highest BCUT2D eigenvalue weighted by molar-refractivity contribution is 4.95. The van der Waals surface area contributed by atoms with Crippen molar-refractivity contribution >= 4 is 0 Å². The second-order valence-corrected chi connectivity index (χ2v) is 6.69. The number of rotatable bonds is 4. The van der Waals surface area contributed by atoms with E-state index >= 15 is 0 Å². The molecular weight excluding hydrogens is 208 g/mol. The van der Waals surface area contributed by atoms with Crippen molar-refractivity contribution in [2.45, 2.75) is 58.9 Å².